The first-order valence-electron chi connectivity index (χ1n) is 8.40. The van der Waals surface area contributed by atoms with E-state index in [1.807, 2.05) is 0 Å². The summed E-state index contributed by atoms with van der Waals surface area (Å²) in [6.07, 6.45) is 7.18. The highest BCUT2D eigenvalue weighted by Crippen LogP contribution is 2.34. The van der Waals surface area contributed by atoms with E-state index >= 15 is 0 Å². The molecule has 1 saturated heterocycles. The molecule has 2 unspecified atom stereocenters. The van der Waals surface area contributed by atoms with Gasteiger partial charge in [-0.1, -0.05) is 79.7 Å². The monoisotopic (exact) mass is 291 g/mol. The van der Waals surface area contributed by atoms with Crippen molar-refractivity contribution in [2.75, 3.05) is 13.1 Å². The van der Waals surface area contributed by atoms with Crippen LogP contribution in [0.3, 0.4) is 0 Å². The van der Waals surface area contributed by atoms with Gasteiger partial charge in [-0.3, -0.25) is 4.90 Å². The van der Waals surface area contributed by atoms with Crippen molar-refractivity contribution < 1.29 is 0 Å². The molecule has 1 nitrogen and oxygen atoms in total. The quantitative estimate of drug-likeness (QED) is 0.752. The maximum absolute atomic E-state index is 2.64. The zero-order valence-corrected chi connectivity index (χ0v) is 13.4. The predicted molar refractivity (Wildman–Crippen MR) is 94.9 cm³/mol. The summed E-state index contributed by atoms with van der Waals surface area (Å²) in [6, 6.07) is 22.1. The number of rotatable bonds is 5. The molecule has 2 aromatic carbocycles. The molecule has 3 rings (SSSR count). The Bertz CT molecular complexity index is 588. The Morgan fingerprint density at radius 1 is 1.00 bits per heavy atom. The minimum absolute atomic E-state index is 0.516. The lowest BCUT2D eigenvalue weighted by Crippen LogP contribution is -2.31. The van der Waals surface area contributed by atoms with Gasteiger partial charge >= 0.3 is 0 Å². The Labute approximate surface area is 134 Å². The van der Waals surface area contributed by atoms with Crippen LogP contribution in [0.5, 0.6) is 0 Å². The van der Waals surface area contributed by atoms with Gasteiger partial charge in [-0.2, -0.15) is 0 Å². The molecule has 1 aliphatic rings. The predicted octanol–water partition coefficient (Wildman–Crippen LogP) is 4.97. The summed E-state index contributed by atoms with van der Waals surface area (Å²) in [6.45, 7) is 4.66. The highest BCUT2D eigenvalue weighted by atomic mass is 15.2. The summed E-state index contributed by atoms with van der Waals surface area (Å²) in [5, 5.41) is 0. The van der Waals surface area contributed by atoms with Crippen LogP contribution in [0.1, 0.15) is 36.8 Å². The highest BCUT2D eigenvalue weighted by Gasteiger charge is 2.32. The van der Waals surface area contributed by atoms with Gasteiger partial charge in [0, 0.05) is 12.0 Å². The lowest BCUT2D eigenvalue weighted by atomic mass is 9.91. The molecule has 0 N–H and O–H groups in total. The van der Waals surface area contributed by atoms with Crippen molar-refractivity contribution in [3.8, 4) is 0 Å². The van der Waals surface area contributed by atoms with Crippen LogP contribution in [0.4, 0.5) is 0 Å². The van der Waals surface area contributed by atoms with Crippen molar-refractivity contribution in [1.82, 2.24) is 4.90 Å². The Hall–Kier alpha value is -1.86. The molecule has 1 heteroatoms. The molecular formula is C21H25N. The summed E-state index contributed by atoms with van der Waals surface area (Å²) in [7, 11) is 0. The summed E-state index contributed by atoms with van der Waals surface area (Å²) in [5.74, 6) is 0.618. The summed E-state index contributed by atoms with van der Waals surface area (Å²) in [5.41, 5.74) is 2.77. The summed E-state index contributed by atoms with van der Waals surface area (Å²) < 4.78 is 0. The van der Waals surface area contributed by atoms with E-state index in [-0.39, 0.29) is 0 Å². The third-order valence-corrected chi connectivity index (χ3v) is 4.59. The number of likely N-dealkylation sites (tertiary alicyclic amines) is 1. The molecule has 0 aromatic heterocycles. The zero-order valence-electron chi connectivity index (χ0n) is 13.4. The average molecular weight is 291 g/mol. The van der Waals surface area contributed by atoms with E-state index in [0.29, 0.717) is 12.0 Å². The molecule has 1 aliphatic heterocycles. The van der Waals surface area contributed by atoms with Crippen LogP contribution in [0.2, 0.25) is 0 Å². The molecule has 2 aromatic rings. The number of hydrogen-bond donors (Lipinski definition) is 0. The third kappa shape index (κ3) is 3.48. The fraction of sp³-hybridized carbons (Fsp3) is 0.333. The molecule has 0 spiro atoms. The average Bonchev–Trinajstić information content (AvgIpc) is 2.98. The Morgan fingerprint density at radius 3 is 2.36 bits per heavy atom. The molecule has 0 aliphatic carbocycles. The van der Waals surface area contributed by atoms with Crippen molar-refractivity contribution in [2.45, 2.75) is 31.7 Å². The zero-order chi connectivity index (χ0) is 15.2. The summed E-state index contributed by atoms with van der Waals surface area (Å²) in [4.78, 5) is 2.64. The Balaban J connectivity index is 1.82. The van der Waals surface area contributed by atoms with Crippen molar-refractivity contribution >= 4 is 6.08 Å². The van der Waals surface area contributed by atoms with Gasteiger partial charge in [-0.05, 0) is 37.1 Å². The molecule has 22 heavy (non-hydrogen) atoms. The van der Waals surface area contributed by atoms with Gasteiger partial charge in [0.15, 0.2) is 0 Å². The maximum Gasteiger partial charge on any atom is 0.0350 e. The van der Waals surface area contributed by atoms with Gasteiger partial charge in [-0.25, -0.2) is 0 Å². The SMILES string of the molecule is CCCN1CCC(c2ccccc2)C1/C=C/c1ccccc1. The highest BCUT2D eigenvalue weighted by molar-refractivity contribution is 5.50. The van der Waals surface area contributed by atoms with Crippen LogP contribution < -0.4 is 0 Å². The van der Waals surface area contributed by atoms with E-state index < -0.39 is 0 Å². The number of hydrogen-bond acceptors (Lipinski definition) is 1. The molecule has 0 bridgehead atoms. The molecule has 0 amide bonds. The third-order valence-electron chi connectivity index (χ3n) is 4.59. The fourth-order valence-electron chi connectivity index (χ4n) is 3.52. The summed E-state index contributed by atoms with van der Waals surface area (Å²) >= 11 is 0. The van der Waals surface area contributed by atoms with Crippen LogP contribution in [0, 0.1) is 0 Å². The van der Waals surface area contributed by atoms with E-state index in [0.717, 1.165) is 0 Å². The largest absolute Gasteiger partial charge is 0.296 e. The van der Waals surface area contributed by atoms with E-state index in [1.165, 1.54) is 37.1 Å². The first-order valence-corrected chi connectivity index (χ1v) is 8.40. The smallest absolute Gasteiger partial charge is 0.0350 e. The van der Waals surface area contributed by atoms with Gasteiger partial charge in [0.1, 0.15) is 0 Å². The van der Waals surface area contributed by atoms with Gasteiger partial charge in [-0.15, -0.1) is 0 Å². The van der Waals surface area contributed by atoms with Crippen LogP contribution >= 0.6 is 0 Å². The lowest BCUT2D eigenvalue weighted by Gasteiger charge is -2.25. The second-order valence-electron chi connectivity index (χ2n) is 6.10. The second-order valence-corrected chi connectivity index (χ2v) is 6.10. The molecule has 0 radical (unpaired) electrons. The first kappa shape index (κ1) is 15.1. The first-order chi connectivity index (χ1) is 10.9. The van der Waals surface area contributed by atoms with Crippen LogP contribution in [-0.4, -0.2) is 24.0 Å². The topological polar surface area (TPSA) is 3.24 Å². The van der Waals surface area contributed by atoms with Gasteiger partial charge in [0.2, 0.25) is 0 Å². The number of nitrogens with zero attached hydrogens (tertiary/aromatic N) is 1. The van der Waals surface area contributed by atoms with Gasteiger partial charge in [0.25, 0.3) is 0 Å². The lowest BCUT2D eigenvalue weighted by molar-refractivity contribution is 0.283. The molecule has 2 atom stereocenters. The Morgan fingerprint density at radius 2 is 1.68 bits per heavy atom. The molecule has 1 heterocycles. The van der Waals surface area contributed by atoms with Crippen LogP contribution in [0.15, 0.2) is 66.7 Å². The normalized spacial score (nSPS) is 22.4. The molecular weight excluding hydrogens is 266 g/mol. The van der Waals surface area contributed by atoms with Gasteiger partial charge < -0.3 is 0 Å². The molecule has 0 saturated carbocycles. The van der Waals surface area contributed by atoms with Crippen molar-refractivity contribution in [3.63, 3.8) is 0 Å². The van der Waals surface area contributed by atoms with Gasteiger partial charge in [0.05, 0.1) is 0 Å². The minimum Gasteiger partial charge on any atom is -0.296 e. The minimum atomic E-state index is 0.516. The van der Waals surface area contributed by atoms with E-state index in [1.54, 1.807) is 0 Å². The van der Waals surface area contributed by atoms with Crippen molar-refractivity contribution in [2.24, 2.45) is 0 Å². The molecule has 1 fully saturated rings. The van der Waals surface area contributed by atoms with Crippen molar-refractivity contribution in [1.29, 1.82) is 0 Å². The maximum atomic E-state index is 2.64. The van der Waals surface area contributed by atoms with Crippen LogP contribution in [-0.2, 0) is 0 Å². The van der Waals surface area contributed by atoms with E-state index in [2.05, 4.69) is 84.6 Å². The van der Waals surface area contributed by atoms with Crippen molar-refractivity contribution in [3.05, 3.63) is 77.9 Å². The second kappa shape index (κ2) is 7.42. The Kier molecular flexibility index (Phi) is 5.07. The number of benzene rings is 2. The molecule has 114 valence electrons. The van der Waals surface area contributed by atoms with E-state index in [4.69, 9.17) is 0 Å². The van der Waals surface area contributed by atoms with Crippen LogP contribution in [0.25, 0.3) is 6.08 Å². The fourth-order valence-corrected chi connectivity index (χ4v) is 3.52. The standard InChI is InChI=1S/C21H25N/c1-2-16-22-17-15-20(19-11-7-4-8-12-19)21(22)14-13-18-9-5-3-6-10-18/h3-14,20-21H,2,15-17H2,1H3/b14-13+. The van der Waals surface area contributed by atoms with E-state index in [9.17, 15) is 0 Å².